The first-order valence-electron chi connectivity index (χ1n) is 20.8. The van der Waals surface area contributed by atoms with Crippen molar-refractivity contribution in [2.75, 3.05) is 19.0 Å². The van der Waals surface area contributed by atoms with Crippen molar-refractivity contribution in [1.82, 2.24) is 25.4 Å². The van der Waals surface area contributed by atoms with Gasteiger partial charge in [0, 0.05) is 15.9 Å². The molecule has 1 fully saturated rings. The number of aromatic nitrogens is 3. The fourth-order valence-electron chi connectivity index (χ4n) is 8.00. The van der Waals surface area contributed by atoms with Crippen molar-refractivity contribution in [2.45, 2.75) is 30.8 Å². The first-order valence-corrected chi connectivity index (χ1v) is 22.9. The van der Waals surface area contributed by atoms with Gasteiger partial charge in [-0.15, -0.1) is 34.2 Å². The Kier molecular flexibility index (Phi) is 13.0. The molecule has 330 valence electrons. The Hall–Kier alpha value is -7.24. The average molecular weight is 932 g/mol. The van der Waals surface area contributed by atoms with Gasteiger partial charge in [-0.2, -0.15) is 0 Å². The van der Waals surface area contributed by atoms with Crippen LogP contribution in [0.2, 0.25) is 0 Å². The minimum absolute atomic E-state index is 0.0499. The van der Waals surface area contributed by atoms with E-state index in [-0.39, 0.29) is 23.7 Å². The van der Waals surface area contributed by atoms with Gasteiger partial charge in [0.15, 0.2) is 34.2 Å². The number of aryl methyl sites for hydroxylation is 1. The number of oxime groups is 1. The van der Waals surface area contributed by atoms with E-state index in [4.69, 9.17) is 19.3 Å². The van der Waals surface area contributed by atoms with Gasteiger partial charge < -0.3 is 24.9 Å². The fourth-order valence-corrected chi connectivity index (χ4v) is 9.70. The van der Waals surface area contributed by atoms with Crippen LogP contribution in [0.15, 0.2) is 180 Å². The smallest absolute Gasteiger partial charge is 0.356 e. The predicted octanol–water partition coefficient (Wildman–Crippen LogP) is 8.30. The van der Waals surface area contributed by atoms with E-state index >= 15 is 0 Å². The summed E-state index contributed by atoms with van der Waals surface area (Å²) in [5.74, 6) is -2.13. The van der Waals surface area contributed by atoms with E-state index in [1.54, 1.807) is 11.5 Å². The number of β-lactam (4-membered cyclic amide) rings is 1. The Balaban J connectivity index is 1.00. The molecule has 5 aromatic carbocycles. The van der Waals surface area contributed by atoms with Crippen LogP contribution in [0.3, 0.4) is 0 Å². The number of ether oxygens (including phenoxy) is 2. The summed E-state index contributed by atoms with van der Waals surface area (Å²) in [6, 6.07) is 47.6. The highest BCUT2D eigenvalue weighted by Gasteiger charge is 2.55. The summed E-state index contributed by atoms with van der Waals surface area (Å²) in [5, 5.41) is 22.3. The molecule has 16 heteroatoms. The number of amides is 2. The van der Waals surface area contributed by atoms with E-state index in [0.29, 0.717) is 20.6 Å². The van der Waals surface area contributed by atoms with Crippen molar-refractivity contribution in [3.63, 3.8) is 0 Å². The molecule has 2 N–H and O–H groups in total. The molecule has 0 spiro atoms. The molecular weight excluding hydrogens is 891 g/mol. The second kappa shape index (κ2) is 19.5. The molecule has 0 saturated carbocycles. The topological polar surface area (TPSA) is 157 Å². The Bertz CT molecular complexity index is 2810. The van der Waals surface area contributed by atoms with Crippen molar-refractivity contribution in [2.24, 2.45) is 5.16 Å². The van der Waals surface area contributed by atoms with Crippen molar-refractivity contribution < 1.29 is 28.7 Å². The number of anilines is 1. The number of esters is 1. The summed E-state index contributed by atoms with van der Waals surface area (Å²) in [6.07, 6.45) is -0.260. The normalized spacial score (nSPS) is 16.4. The van der Waals surface area contributed by atoms with Crippen LogP contribution in [0.4, 0.5) is 5.13 Å². The van der Waals surface area contributed by atoms with Gasteiger partial charge in [-0.25, -0.2) is 9.78 Å². The largest absolute Gasteiger partial charge is 0.448 e. The van der Waals surface area contributed by atoms with Crippen LogP contribution in [0, 0.1) is 6.92 Å². The molecule has 4 heterocycles. The first-order chi connectivity index (χ1) is 32.2. The van der Waals surface area contributed by atoms with E-state index < -0.39 is 41.7 Å². The fraction of sp³-hybridized carbons (Fsp3) is 0.140. The Labute approximate surface area is 393 Å². The first kappa shape index (κ1) is 44.0. The summed E-state index contributed by atoms with van der Waals surface area (Å²) in [6.45, 7) is 1.70. The van der Waals surface area contributed by atoms with Crippen LogP contribution in [0.25, 0.3) is 4.91 Å². The molecular formula is C50H41N7O6S3. The SMILES string of the molecule is CON=C(C(=O)NC1C(=O)N2C(C(=O)OC(c3ccccc3)c3ccccc3)=C(C=C(S)c3nnc(C)s3)COC12)c1csc(NC(c2ccccc2)(c2ccccc2)c2ccccc2)n1. The highest BCUT2D eigenvalue weighted by molar-refractivity contribution is 7.90. The lowest BCUT2D eigenvalue weighted by atomic mass is 9.77. The van der Waals surface area contributed by atoms with Crippen LogP contribution in [0.1, 0.15) is 49.6 Å². The number of carbonyl (C=O) groups is 3. The zero-order valence-corrected chi connectivity index (χ0v) is 38.0. The molecule has 2 unspecified atom stereocenters. The number of nitrogens with one attached hydrogen (secondary N) is 2. The van der Waals surface area contributed by atoms with Gasteiger partial charge in [-0.05, 0) is 40.8 Å². The third-order valence-electron chi connectivity index (χ3n) is 11.0. The Morgan fingerprint density at radius 3 is 1.91 bits per heavy atom. The standard InChI is InChI=1S/C50H41N7O6S3/c1-31-54-55-45(66-31)39(64)28-34-29-62-47-41(46(59)57(47)42(34)48(60)63-43(32-18-8-3-9-19-32)33-20-10-4-11-21-33)52-44(58)40(56-61-2)38-30-65-49(51-38)53-50(35-22-12-5-13-23-35,36-24-14-6-15-25-36)37-26-16-7-17-27-37/h3-28,30,41,43,47,64H,29H2,1-2H3,(H,51,53)(H,52,58). The van der Waals surface area contributed by atoms with Gasteiger partial charge in [0.05, 0.1) is 6.61 Å². The average Bonchev–Trinajstić information content (AvgIpc) is 4.03. The summed E-state index contributed by atoms with van der Waals surface area (Å²) < 4.78 is 12.5. The minimum Gasteiger partial charge on any atom is -0.448 e. The number of carbonyl (C=O) groups excluding carboxylic acids is 3. The van der Waals surface area contributed by atoms with E-state index in [9.17, 15) is 14.4 Å². The number of benzene rings is 5. The second-order valence-corrected chi connectivity index (χ2v) is 17.7. The summed E-state index contributed by atoms with van der Waals surface area (Å²) >= 11 is 7.29. The molecule has 0 radical (unpaired) electrons. The third kappa shape index (κ3) is 8.78. The second-order valence-electron chi connectivity index (χ2n) is 15.1. The van der Waals surface area contributed by atoms with Crippen LogP contribution in [0.5, 0.6) is 0 Å². The van der Waals surface area contributed by atoms with Crippen molar-refractivity contribution in [3.8, 4) is 0 Å². The van der Waals surface area contributed by atoms with Crippen molar-refractivity contribution >= 4 is 68.8 Å². The monoisotopic (exact) mass is 931 g/mol. The number of hydrogen-bond acceptors (Lipinski definition) is 14. The quantitative estimate of drug-likeness (QED) is 0.0228. The zero-order chi connectivity index (χ0) is 45.6. The number of thiol groups is 1. The summed E-state index contributed by atoms with van der Waals surface area (Å²) in [4.78, 5) is 54.7. The van der Waals surface area contributed by atoms with Crippen LogP contribution < -0.4 is 10.6 Å². The molecule has 2 aliphatic heterocycles. The third-order valence-corrected chi connectivity index (χ3v) is 13.1. The maximum absolute atomic E-state index is 14.6. The number of hydrogen-bond donors (Lipinski definition) is 3. The lowest BCUT2D eigenvalue weighted by Gasteiger charge is -2.49. The van der Waals surface area contributed by atoms with Crippen molar-refractivity contribution in [1.29, 1.82) is 0 Å². The highest BCUT2D eigenvalue weighted by Crippen LogP contribution is 2.41. The van der Waals surface area contributed by atoms with Gasteiger partial charge in [0.25, 0.3) is 11.8 Å². The number of nitrogens with zero attached hydrogens (tertiary/aromatic N) is 5. The predicted molar refractivity (Wildman–Crippen MR) is 256 cm³/mol. The highest BCUT2D eigenvalue weighted by atomic mass is 32.1. The van der Waals surface area contributed by atoms with Gasteiger partial charge in [-0.3, -0.25) is 14.5 Å². The zero-order valence-electron chi connectivity index (χ0n) is 35.5. The van der Waals surface area contributed by atoms with E-state index in [0.717, 1.165) is 32.8 Å². The Morgan fingerprint density at radius 1 is 0.848 bits per heavy atom. The van der Waals surface area contributed by atoms with Crippen molar-refractivity contribution in [3.05, 3.63) is 218 Å². The molecule has 66 heavy (non-hydrogen) atoms. The number of rotatable bonds is 15. The lowest BCUT2D eigenvalue weighted by molar-refractivity contribution is -0.185. The lowest BCUT2D eigenvalue weighted by Crippen LogP contribution is -2.73. The van der Waals surface area contributed by atoms with E-state index in [1.165, 1.54) is 34.7 Å². The molecule has 2 atom stereocenters. The van der Waals surface area contributed by atoms with Crippen LogP contribution in [-0.2, 0) is 34.2 Å². The van der Waals surface area contributed by atoms with E-state index in [1.807, 2.05) is 122 Å². The molecule has 2 aliphatic rings. The Morgan fingerprint density at radius 2 is 1.39 bits per heavy atom. The maximum atomic E-state index is 14.6. The van der Waals surface area contributed by atoms with Crippen LogP contribution in [-0.4, -0.2) is 69.6 Å². The molecule has 1 saturated heterocycles. The molecule has 2 aromatic heterocycles. The molecule has 13 nitrogen and oxygen atoms in total. The van der Waals surface area contributed by atoms with Gasteiger partial charge >= 0.3 is 5.97 Å². The molecule has 2 amide bonds. The molecule has 7 aromatic rings. The van der Waals surface area contributed by atoms with E-state index in [2.05, 4.69) is 75.0 Å². The molecule has 0 bridgehead atoms. The number of fused-ring (bicyclic) bond motifs is 1. The summed E-state index contributed by atoms with van der Waals surface area (Å²) in [5.41, 5.74) is 3.79. The van der Waals surface area contributed by atoms with Crippen LogP contribution >= 0.6 is 35.3 Å². The maximum Gasteiger partial charge on any atom is 0.356 e. The van der Waals surface area contributed by atoms with Gasteiger partial charge in [0.1, 0.15) is 29.0 Å². The molecule has 0 aliphatic carbocycles. The minimum atomic E-state index is -1.20. The molecule has 9 rings (SSSR count). The summed E-state index contributed by atoms with van der Waals surface area (Å²) in [7, 11) is 1.32. The number of thiazole rings is 1. The van der Waals surface area contributed by atoms with Gasteiger partial charge in [-0.1, -0.05) is 168 Å². The van der Waals surface area contributed by atoms with Gasteiger partial charge in [0.2, 0.25) is 0 Å².